The number of unbranched alkanes of at least 4 members (excludes halogenated alkanes) is 24. The van der Waals surface area contributed by atoms with Gasteiger partial charge in [-0.1, -0.05) is 155 Å². The SMILES string of the molecule is C=CC(=O)OCCCCCCCCCCCOc1cc(C([O-])=NCCS(=O)(=O)O)cc(OCCCCCCCCCCCOC(=O)C=C)c1OCCCCCCCCCCCOC(=O)C=C.[Na+]. The first-order valence-corrected chi connectivity index (χ1v) is 26.2. The van der Waals surface area contributed by atoms with E-state index in [9.17, 15) is 32.5 Å². The summed E-state index contributed by atoms with van der Waals surface area (Å²) in [6.45, 7) is 12.4. The molecule has 0 saturated carbocycles. The molecular weight excluding hydrogens is 890 g/mol. The maximum atomic E-state index is 13.2. The molecule has 0 amide bonds. The number of ether oxygens (including phenoxy) is 6. The van der Waals surface area contributed by atoms with E-state index in [0.717, 1.165) is 173 Å². The molecule has 0 saturated heterocycles. The third-order valence-corrected chi connectivity index (χ3v) is 11.4. The molecule has 67 heavy (non-hydrogen) atoms. The summed E-state index contributed by atoms with van der Waals surface area (Å²) in [4.78, 5) is 37.4. The summed E-state index contributed by atoms with van der Waals surface area (Å²) < 4.78 is 65.9. The topological polar surface area (TPSA) is 196 Å². The van der Waals surface area contributed by atoms with Crippen LogP contribution in [0.2, 0.25) is 0 Å². The third-order valence-electron chi connectivity index (χ3n) is 10.7. The Kier molecular flexibility index (Phi) is 41.7. The molecule has 1 aromatic carbocycles. The van der Waals surface area contributed by atoms with Crippen LogP contribution < -0.4 is 48.9 Å². The summed E-state index contributed by atoms with van der Waals surface area (Å²) in [5.74, 6) is -1.28. The van der Waals surface area contributed by atoms with Gasteiger partial charge >= 0.3 is 47.5 Å². The molecule has 376 valence electrons. The van der Waals surface area contributed by atoms with Gasteiger partial charge in [0.05, 0.1) is 51.9 Å². The van der Waals surface area contributed by atoms with Crippen molar-refractivity contribution >= 4 is 33.9 Å². The fourth-order valence-corrected chi connectivity index (χ4v) is 7.29. The molecule has 0 radical (unpaired) electrons. The second-order valence-corrected chi connectivity index (χ2v) is 18.1. The van der Waals surface area contributed by atoms with E-state index < -0.39 is 21.8 Å². The van der Waals surface area contributed by atoms with Crippen molar-refractivity contribution < 1.29 is 90.4 Å². The molecule has 1 rings (SSSR count). The van der Waals surface area contributed by atoms with Gasteiger partial charge in [0.2, 0.25) is 5.75 Å². The largest absolute Gasteiger partial charge is 1.00 e. The van der Waals surface area contributed by atoms with E-state index >= 15 is 0 Å². The molecule has 0 aromatic heterocycles. The average Bonchev–Trinajstić information content (AvgIpc) is 3.30. The Morgan fingerprint density at radius 1 is 0.493 bits per heavy atom. The Bertz CT molecular complexity index is 1570. The van der Waals surface area contributed by atoms with Crippen molar-refractivity contribution in [3.63, 3.8) is 0 Å². The van der Waals surface area contributed by atoms with Crippen molar-refractivity contribution in [3.8, 4) is 17.2 Å². The number of nitrogens with zero attached hydrogens (tertiary/aromatic N) is 1. The molecule has 0 bridgehead atoms. The predicted octanol–water partition coefficient (Wildman–Crippen LogP) is 7.54. The van der Waals surface area contributed by atoms with Gasteiger partial charge < -0.3 is 33.5 Å². The van der Waals surface area contributed by atoms with Crippen LogP contribution in [-0.2, 0) is 38.7 Å². The average molecular weight is 972 g/mol. The Morgan fingerprint density at radius 2 is 0.761 bits per heavy atom. The Labute approximate surface area is 425 Å². The van der Waals surface area contributed by atoms with E-state index in [1.54, 1.807) is 12.1 Å². The molecular formula is C51H82NNaO13S. The van der Waals surface area contributed by atoms with Gasteiger partial charge in [0.15, 0.2) is 11.5 Å². The summed E-state index contributed by atoms with van der Waals surface area (Å²) in [7, 11) is -4.29. The van der Waals surface area contributed by atoms with Gasteiger partial charge in [0.25, 0.3) is 10.1 Å². The van der Waals surface area contributed by atoms with Gasteiger partial charge in [-0.3, -0.25) is 9.55 Å². The van der Waals surface area contributed by atoms with Crippen molar-refractivity contribution in [3.05, 3.63) is 55.7 Å². The number of benzene rings is 1. The number of carbonyl (C=O) groups is 3. The first-order valence-electron chi connectivity index (χ1n) is 24.6. The van der Waals surface area contributed by atoms with E-state index in [4.69, 9.17) is 28.4 Å². The van der Waals surface area contributed by atoms with Crippen molar-refractivity contribution in [2.75, 3.05) is 51.9 Å². The molecule has 0 fully saturated rings. The Hall–Kier alpha value is -3.37. The van der Waals surface area contributed by atoms with E-state index in [2.05, 4.69) is 24.7 Å². The predicted molar refractivity (Wildman–Crippen MR) is 259 cm³/mol. The van der Waals surface area contributed by atoms with Gasteiger partial charge in [-0.25, -0.2) is 14.4 Å². The minimum atomic E-state index is -4.29. The standard InChI is InChI=1S/C51H83NO13S.Na/c1-4-47(53)62-37-30-24-18-12-7-10-16-22-28-35-60-45-42-44(51(56)52-34-41-66(57,58)59)43-46(61-36-29-23-17-11-8-13-19-25-31-38-63-48(54)5-2)50(45)65-40-33-27-21-15-9-14-20-26-32-39-64-49(55)6-3;/h4-6,42-43H,1-3,7-41H2,(H,52,56)(H,57,58,59);/q;+1/p-1. The van der Waals surface area contributed by atoms with E-state index in [1.165, 1.54) is 18.2 Å². The van der Waals surface area contributed by atoms with Gasteiger partial charge in [-0.15, -0.1) is 0 Å². The molecule has 0 heterocycles. The fraction of sp³-hybridized carbons (Fsp3) is 0.686. The van der Waals surface area contributed by atoms with E-state index in [1.807, 2.05) is 0 Å². The zero-order valence-electron chi connectivity index (χ0n) is 41.0. The molecule has 14 nitrogen and oxygen atoms in total. The Morgan fingerprint density at radius 3 is 1.04 bits per heavy atom. The van der Waals surface area contributed by atoms with Gasteiger partial charge in [-0.05, 0) is 62.1 Å². The number of esters is 3. The van der Waals surface area contributed by atoms with Gasteiger partial charge in [-0.2, -0.15) is 8.42 Å². The summed E-state index contributed by atoms with van der Waals surface area (Å²) in [5.41, 5.74) is 0.179. The minimum absolute atomic E-state index is 0. The van der Waals surface area contributed by atoms with Crippen LogP contribution in [0, 0.1) is 0 Å². The fourth-order valence-electron chi connectivity index (χ4n) is 6.97. The zero-order chi connectivity index (χ0) is 48.4. The van der Waals surface area contributed by atoms with Gasteiger partial charge in [0, 0.05) is 18.2 Å². The number of hydrogen-bond acceptors (Lipinski definition) is 13. The molecule has 1 aromatic rings. The quantitative estimate of drug-likeness (QED) is 0.00984. The number of aliphatic imine (C=N–C) groups is 1. The number of rotatable bonds is 46. The van der Waals surface area contributed by atoms with Crippen LogP contribution in [0.4, 0.5) is 0 Å². The second kappa shape index (κ2) is 43.9. The second-order valence-electron chi connectivity index (χ2n) is 16.5. The molecule has 0 atom stereocenters. The summed E-state index contributed by atoms with van der Waals surface area (Å²) in [6, 6.07) is 3.16. The molecule has 0 unspecified atom stereocenters. The molecule has 0 spiro atoms. The molecule has 0 aliphatic rings. The monoisotopic (exact) mass is 972 g/mol. The molecule has 0 aliphatic carbocycles. The van der Waals surface area contributed by atoms with Crippen LogP contribution in [0.1, 0.15) is 179 Å². The normalized spacial score (nSPS) is 11.3. The smallest absolute Gasteiger partial charge is 0.858 e. The maximum absolute atomic E-state index is 13.2. The summed E-state index contributed by atoms with van der Waals surface area (Å²) >= 11 is 0. The van der Waals surface area contributed by atoms with Crippen LogP contribution in [0.25, 0.3) is 0 Å². The third kappa shape index (κ3) is 38.2. The zero-order valence-corrected chi connectivity index (χ0v) is 43.8. The van der Waals surface area contributed by atoms with Crippen molar-refractivity contribution in [1.29, 1.82) is 0 Å². The minimum Gasteiger partial charge on any atom is -0.858 e. The molecule has 16 heteroatoms. The van der Waals surface area contributed by atoms with Crippen LogP contribution in [0.15, 0.2) is 55.1 Å². The first kappa shape index (κ1) is 63.6. The van der Waals surface area contributed by atoms with Crippen LogP contribution >= 0.6 is 0 Å². The van der Waals surface area contributed by atoms with Gasteiger partial charge in [0.1, 0.15) is 0 Å². The number of hydrogen-bond donors (Lipinski definition) is 1. The van der Waals surface area contributed by atoms with Crippen LogP contribution in [-0.4, -0.2) is 88.7 Å². The van der Waals surface area contributed by atoms with E-state index in [0.29, 0.717) is 56.9 Å². The molecule has 1 N–H and O–H groups in total. The summed E-state index contributed by atoms with van der Waals surface area (Å²) in [6.07, 6.45) is 31.1. The Balaban J connectivity index is 0.0000436. The first-order chi connectivity index (χ1) is 32.0. The van der Waals surface area contributed by atoms with E-state index in [-0.39, 0.29) is 59.6 Å². The van der Waals surface area contributed by atoms with Crippen molar-refractivity contribution in [2.24, 2.45) is 4.99 Å². The molecule has 0 aliphatic heterocycles. The van der Waals surface area contributed by atoms with Crippen molar-refractivity contribution in [2.45, 2.75) is 173 Å². The van der Waals surface area contributed by atoms with Crippen molar-refractivity contribution in [1.82, 2.24) is 0 Å². The van der Waals surface area contributed by atoms with Crippen LogP contribution in [0.3, 0.4) is 0 Å². The number of carbonyl (C=O) groups excluding carboxylic acids is 3. The maximum Gasteiger partial charge on any atom is 1.00 e. The summed E-state index contributed by atoms with van der Waals surface area (Å²) in [5, 5.41) is 13.2. The van der Waals surface area contributed by atoms with Crippen LogP contribution in [0.5, 0.6) is 17.2 Å².